The Kier molecular flexibility index (Phi) is 4.92. The molecule has 3 rings (SSSR count). The molecule has 1 amide bonds. The van der Waals surface area contributed by atoms with Crippen molar-refractivity contribution in [1.29, 1.82) is 0 Å². The number of halogens is 1. The number of benzene rings is 1. The molecule has 0 unspecified atom stereocenters. The van der Waals surface area contributed by atoms with Gasteiger partial charge in [0.15, 0.2) is 0 Å². The van der Waals surface area contributed by atoms with Crippen LogP contribution in [0.1, 0.15) is 29.6 Å². The molecular weight excluding hydrogens is 326 g/mol. The van der Waals surface area contributed by atoms with Gasteiger partial charge in [-0.1, -0.05) is 24.1 Å². The monoisotopic (exact) mass is 347 g/mol. The second kappa shape index (κ2) is 6.95. The van der Waals surface area contributed by atoms with Crippen molar-refractivity contribution in [2.75, 3.05) is 27.2 Å². The summed E-state index contributed by atoms with van der Waals surface area (Å²) in [4.78, 5) is 31.9. The van der Waals surface area contributed by atoms with Gasteiger partial charge in [-0.25, -0.2) is 0 Å². The van der Waals surface area contributed by atoms with Crippen molar-refractivity contribution in [3.8, 4) is 0 Å². The zero-order chi connectivity index (χ0) is 17.3. The van der Waals surface area contributed by atoms with Gasteiger partial charge in [0.05, 0.1) is 16.1 Å². The molecular formula is C18H22ClN3O2. The van der Waals surface area contributed by atoms with E-state index in [1.165, 1.54) is 6.07 Å². The van der Waals surface area contributed by atoms with Crippen molar-refractivity contribution >= 4 is 28.4 Å². The second-order valence-electron chi connectivity index (χ2n) is 6.57. The van der Waals surface area contributed by atoms with Crippen molar-refractivity contribution in [2.45, 2.75) is 25.3 Å². The number of rotatable bonds is 2. The summed E-state index contributed by atoms with van der Waals surface area (Å²) in [5.74, 6) is -0.118. The van der Waals surface area contributed by atoms with Crippen molar-refractivity contribution in [2.24, 2.45) is 0 Å². The predicted octanol–water partition coefficient (Wildman–Crippen LogP) is 2.74. The Balaban J connectivity index is 2.03. The Morgan fingerprint density at radius 2 is 2.12 bits per heavy atom. The number of pyridine rings is 1. The summed E-state index contributed by atoms with van der Waals surface area (Å²) in [7, 11) is 4.08. The first-order valence-electron chi connectivity index (χ1n) is 8.24. The van der Waals surface area contributed by atoms with E-state index in [1.54, 1.807) is 18.2 Å². The van der Waals surface area contributed by atoms with Crippen LogP contribution in [0, 0.1) is 0 Å². The first kappa shape index (κ1) is 17.0. The first-order chi connectivity index (χ1) is 11.5. The molecule has 5 nitrogen and oxygen atoms in total. The van der Waals surface area contributed by atoms with Crippen LogP contribution in [0.3, 0.4) is 0 Å². The lowest BCUT2D eigenvalue weighted by Gasteiger charge is -2.29. The summed E-state index contributed by atoms with van der Waals surface area (Å²) < 4.78 is 0. The molecule has 6 heteroatoms. The van der Waals surface area contributed by atoms with E-state index in [0.717, 1.165) is 19.3 Å². The summed E-state index contributed by atoms with van der Waals surface area (Å²) in [6.45, 7) is 1.38. The van der Waals surface area contributed by atoms with E-state index < -0.39 is 0 Å². The topological polar surface area (TPSA) is 56.4 Å². The Morgan fingerprint density at radius 1 is 1.33 bits per heavy atom. The van der Waals surface area contributed by atoms with Gasteiger partial charge in [-0.05, 0) is 39.1 Å². The molecule has 0 radical (unpaired) electrons. The number of nitrogens with one attached hydrogen (secondary N) is 1. The van der Waals surface area contributed by atoms with Gasteiger partial charge in [-0.15, -0.1) is 0 Å². The minimum Gasteiger partial charge on any atom is -0.337 e. The third-order valence-electron chi connectivity index (χ3n) is 4.71. The summed E-state index contributed by atoms with van der Waals surface area (Å²) in [5, 5.41) is 1.10. The molecule has 1 atom stereocenters. The molecule has 0 aliphatic carbocycles. The standard InChI is InChI=1S/C18H22ClN3O2/c1-21(2)12-6-3-4-9-22(11-12)18(24)13-10-16(23)20-15-8-5-7-14(19)17(13)15/h5,7-8,10,12H,3-4,6,9,11H2,1-2H3,(H,20,23)/t12-/m0/s1. The number of carbonyl (C=O) groups excluding carboxylic acids is 1. The molecule has 2 aromatic rings. The highest BCUT2D eigenvalue weighted by Gasteiger charge is 2.26. The third-order valence-corrected chi connectivity index (χ3v) is 5.03. The van der Waals surface area contributed by atoms with Gasteiger partial charge >= 0.3 is 0 Å². The van der Waals surface area contributed by atoms with E-state index in [-0.39, 0.29) is 11.5 Å². The number of hydrogen-bond donors (Lipinski definition) is 1. The maximum Gasteiger partial charge on any atom is 0.254 e. The first-order valence-corrected chi connectivity index (χ1v) is 8.62. The zero-order valence-electron chi connectivity index (χ0n) is 14.0. The van der Waals surface area contributed by atoms with Gasteiger partial charge in [0.25, 0.3) is 5.91 Å². The van der Waals surface area contributed by atoms with Crippen LogP contribution >= 0.6 is 11.6 Å². The normalized spacial score (nSPS) is 18.8. The van der Waals surface area contributed by atoms with Crippen molar-refractivity contribution in [3.05, 3.63) is 45.2 Å². The molecule has 0 bridgehead atoms. The van der Waals surface area contributed by atoms with Crippen LogP contribution in [-0.4, -0.2) is 53.9 Å². The quantitative estimate of drug-likeness (QED) is 0.908. The summed E-state index contributed by atoms with van der Waals surface area (Å²) in [5.41, 5.74) is 0.697. The number of aromatic nitrogens is 1. The average molecular weight is 348 g/mol. The molecule has 1 aromatic heterocycles. The molecule has 0 spiro atoms. The van der Waals surface area contributed by atoms with E-state index in [2.05, 4.69) is 9.88 Å². The van der Waals surface area contributed by atoms with E-state index in [1.807, 2.05) is 19.0 Å². The number of fused-ring (bicyclic) bond motifs is 1. The lowest BCUT2D eigenvalue weighted by atomic mass is 10.1. The van der Waals surface area contributed by atoms with E-state index in [4.69, 9.17) is 11.6 Å². The highest BCUT2D eigenvalue weighted by Crippen LogP contribution is 2.26. The van der Waals surface area contributed by atoms with Gasteiger partial charge in [0, 0.05) is 30.6 Å². The second-order valence-corrected chi connectivity index (χ2v) is 6.98. The predicted molar refractivity (Wildman–Crippen MR) is 96.8 cm³/mol. The molecule has 1 aliphatic heterocycles. The fraction of sp³-hybridized carbons (Fsp3) is 0.444. The Hall–Kier alpha value is -1.85. The van der Waals surface area contributed by atoms with Crippen LogP contribution in [0.15, 0.2) is 29.1 Å². The number of H-pyrrole nitrogens is 1. The van der Waals surface area contributed by atoms with Crippen LogP contribution < -0.4 is 5.56 Å². The minimum atomic E-state index is -0.285. The minimum absolute atomic E-state index is 0.118. The molecule has 24 heavy (non-hydrogen) atoms. The largest absolute Gasteiger partial charge is 0.337 e. The smallest absolute Gasteiger partial charge is 0.254 e. The lowest BCUT2D eigenvalue weighted by Crippen LogP contribution is -2.42. The van der Waals surface area contributed by atoms with Gasteiger partial charge in [-0.3, -0.25) is 9.59 Å². The number of nitrogens with zero attached hydrogens (tertiary/aromatic N) is 2. The highest BCUT2D eigenvalue weighted by atomic mass is 35.5. The summed E-state index contributed by atoms with van der Waals surface area (Å²) in [6, 6.07) is 6.98. The molecule has 128 valence electrons. The average Bonchev–Trinajstić information content (AvgIpc) is 2.79. The molecule has 1 aromatic carbocycles. The molecule has 1 aliphatic rings. The fourth-order valence-electron chi connectivity index (χ4n) is 3.34. The number of carbonyl (C=O) groups is 1. The molecule has 1 fully saturated rings. The highest BCUT2D eigenvalue weighted by molar-refractivity contribution is 6.36. The van der Waals surface area contributed by atoms with Crippen LogP contribution in [0.4, 0.5) is 0 Å². The molecule has 1 saturated heterocycles. The molecule has 0 saturated carbocycles. The van der Waals surface area contributed by atoms with Gasteiger partial charge < -0.3 is 14.8 Å². The van der Waals surface area contributed by atoms with E-state index >= 15 is 0 Å². The number of aromatic amines is 1. The Bertz CT molecular complexity index is 816. The maximum atomic E-state index is 13.1. The SMILES string of the molecule is CN(C)[C@H]1CCCCN(C(=O)c2cc(=O)[nH]c3cccc(Cl)c23)C1. The van der Waals surface area contributed by atoms with Crippen LogP contribution in [0.25, 0.3) is 10.9 Å². The van der Waals surface area contributed by atoms with Crippen molar-refractivity contribution in [3.63, 3.8) is 0 Å². The number of hydrogen-bond acceptors (Lipinski definition) is 3. The Labute approximate surface area is 146 Å². The number of amides is 1. The van der Waals surface area contributed by atoms with Crippen LogP contribution in [-0.2, 0) is 0 Å². The number of likely N-dealkylation sites (N-methyl/N-ethyl adjacent to an activating group) is 1. The lowest BCUT2D eigenvalue weighted by molar-refractivity contribution is 0.0727. The van der Waals surface area contributed by atoms with Crippen LogP contribution in [0.5, 0.6) is 0 Å². The van der Waals surface area contributed by atoms with E-state index in [9.17, 15) is 9.59 Å². The van der Waals surface area contributed by atoms with E-state index in [0.29, 0.717) is 40.6 Å². The van der Waals surface area contributed by atoms with Crippen molar-refractivity contribution < 1.29 is 4.79 Å². The molecule has 1 N–H and O–H groups in total. The summed E-state index contributed by atoms with van der Waals surface area (Å²) in [6.07, 6.45) is 3.15. The number of likely N-dealkylation sites (tertiary alicyclic amines) is 1. The van der Waals surface area contributed by atoms with Gasteiger partial charge in [0.2, 0.25) is 5.56 Å². The molecule has 2 heterocycles. The zero-order valence-corrected chi connectivity index (χ0v) is 14.8. The van der Waals surface area contributed by atoms with Gasteiger partial charge in [-0.2, -0.15) is 0 Å². The summed E-state index contributed by atoms with van der Waals surface area (Å²) >= 11 is 6.31. The van der Waals surface area contributed by atoms with Crippen molar-refractivity contribution in [1.82, 2.24) is 14.8 Å². The fourth-order valence-corrected chi connectivity index (χ4v) is 3.62. The third kappa shape index (κ3) is 3.32. The Morgan fingerprint density at radius 3 is 2.88 bits per heavy atom. The van der Waals surface area contributed by atoms with Crippen LogP contribution in [0.2, 0.25) is 5.02 Å². The van der Waals surface area contributed by atoms with Gasteiger partial charge in [0.1, 0.15) is 0 Å². The maximum absolute atomic E-state index is 13.1.